The van der Waals surface area contributed by atoms with Crippen LogP contribution < -0.4 is 5.73 Å². The van der Waals surface area contributed by atoms with Crippen molar-refractivity contribution in [2.45, 2.75) is 6.85 Å². The van der Waals surface area contributed by atoms with Crippen molar-refractivity contribution < 1.29 is 14.0 Å². The molecule has 0 bridgehead atoms. The van der Waals surface area contributed by atoms with Crippen LogP contribution in [0.25, 0.3) is 0 Å². The molecule has 0 aliphatic heterocycles. The van der Waals surface area contributed by atoms with Gasteiger partial charge < -0.3 is 10.8 Å². The Labute approximate surface area is 68.7 Å². The fraction of sp³-hybridized carbons (Fsp3) is 0.125. The number of aromatic carboxylic acids is 1. The zero-order valence-corrected chi connectivity index (χ0v) is 5.66. The molecule has 3 N–H and O–H groups in total. The van der Waals surface area contributed by atoms with Crippen molar-refractivity contribution >= 4 is 11.7 Å². The molecule has 0 unspecified atom stereocenters. The molecule has 3 nitrogen and oxygen atoms in total. The van der Waals surface area contributed by atoms with E-state index < -0.39 is 12.8 Å². The minimum Gasteiger partial charge on any atom is -0.478 e. The van der Waals surface area contributed by atoms with Gasteiger partial charge in [0.1, 0.15) is 0 Å². The number of carbonyl (C=O) groups is 1. The smallest absolute Gasteiger partial charge is 0.337 e. The highest BCUT2D eigenvalue weighted by molar-refractivity contribution is 5.94. The molecule has 0 aliphatic carbocycles. The summed E-state index contributed by atoms with van der Waals surface area (Å²) in [4.78, 5) is 10.6. The molecule has 0 fully saturated rings. The van der Waals surface area contributed by atoms with Crippen molar-refractivity contribution in [1.82, 2.24) is 0 Å². The number of carboxylic acid groups (broad SMARTS) is 1. The van der Waals surface area contributed by atoms with Gasteiger partial charge in [-0.25, -0.2) is 4.79 Å². The monoisotopic (exact) mass is 154 g/mol. The van der Waals surface area contributed by atoms with Gasteiger partial charge in [-0.15, -0.1) is 0 Å². The minimum absolute atomic E-state index is 0.127. The van der Waals surface area contributed by atoms with Crippen LogP contribution in [0.5, 0.6) is 0 Å². The summed E-state index contributed by atoms with van der Waals surface area (Å²) in [6.45, 7) is -2.38. The summed E-state index contributed by atoms with van der Waals surface area (Å²) in [5.74, 6) is -1.23. The van der Waals surface area contributed by atoms with Crippen LogP contribution in [0.4, 0.5) is 5.69 Å². The molecule has 58 valence electrons. The van der Waals surface area contributed by atoms with Gasteiger partial charge in [-0.05, 0) is 18.5 Å². The maximum atomic E-state index is 10.6. The number of carboxylic acids is 1. The molecule has 1 aromatic carbocycles. The zero-order chi connectivity index (χ0) is 10.9. The van der Waals surface area contributed by atoms with Gasteiger partial charge in [0.25, 0.3) is 0 Å². The lowest BCUT2D eigenvalue weighted by molar-refractivity contribution is 0.0698. The Morgan fingerprint density at radius 2 is 2.45 bits per heavy atom. The number of nitrogens with two attached hydrogens (primary N) is 1. The molecule has 0 radical (unpaired) electrons. The molecule has 0 amide bonds. The summed E-state index contributed by atoms with van der Waals surface area (Å²) in [5, 5.41) is 8.69. The maximum absolute atomic E-state index is 10.6. The van der Waals surface area contributed by atoms with Gasteiger partial charge >= 0.3 is 5.97 Å². The molecule has 0 spiro atoms. The standard InChI is InChI=1S/C8H9NO2/c1-5-3-2-4-6(7(5)9)8(10)11/h2-4H,9H2,1H3,(H,10,11)/i1D3. The molecular formula is C8H9NO2. The molecule has 1 aromatic rings. The second-order valence-electron chi connectivity index (χ2n) is 2.07. The second kappa shape index (κ2) is 2.62. The highest BCUT2D eigenvalue weighted by Gasteiger charge is 2.07. The van der Waals surface area contributed by atoms with Crippen molar-refractivity contribution in [1.29, 1.82) is 0 Å². The van der Waals surface area contributed by atoms with Crippen molar-refractivity contribution in [2.24, 2.45) is 0 Å². The second-order valence-corrected chi connectivity index (χ2v) is 2.07. The Hall–Kier alpha value is -1.51. The van der Waals surface area contributed by atoms with Gasteiger partial charge in [0.15, 0.2) is 0 Å². The van der Waals surface area contributed by atoms with E-state index in [1.54, 1.807) is 0 Å². The first-order valence-electron chi connectivity index (χ1n) is 4.46. The summed E-state index contributed by atoms with van der Waals surface area (Å²) in [6, 6.07) is 3.93. The number of para-hydroxylation sites is 1. The summed E-state index contributed by atoms with van der Waals surface area (Å²) in [5.41, 5.74) is 4.93. The lowest BCUT2D eigenvalue weighted by Crippen LogP contribution is -2.03. The van der Waals surface area contributed by atoms with E-state index in [9.17, 15) is 4.79 Å². The van der Waals surface area contributed by atoms with Crippen LogP contribution in [-0.2, 0) is 0 Å². The SMILES string of the molecule is [2H]C([2H])([2H])c1cccc(C(=O)O)c1N. The van der Waals surface area contributed by atoms with Crippen LogP contribution in [0.2, 0.25) is 0 Å². The fourth-order valence-corrected chi connectivity index (χ4v) is 0.752. The summed E-state index contributed by atoms with van der Waals surface area (Å²) in [6.07, 6.45) is 0. The normalized spacial score (nSPS) is 14.7. The highest BCUT2D eigenvalue weighted by atomic mass is 16.4. The molecular weight excluding hydrogens is 142 g/mol. The average molecular weight is 154 g/mol. The van der Waals surface area contributed by atoms with Crippen molar-refractivity contribution in [2.75, 3.05) is 5.73 Å². The molecule has 1 rings (SSSR count). The Morgan fingerprint density at radius 3 is 3.00 bits per heavy atom. The highest BCUT2D eigenvalue weighted by Crippen LogP contribution is 2.15. The van der Waals surface area contributed by atoms with Crippen LogP contribution in [0.3, 0.4) is 0 Å². The van der Waals surface area contributed by atoms with Crippen molar-refractivity contribution in [3.63, 3.8) is 0 Å². The molecule has 0 saturated heterocycles. The molecule has 0 aromatic heterocycles. The van der Waals surface area contributed by atoms with Gasteiger partial charge in [0, 0.05) is 9.80 Å². The van der Waals surface area contributed by atoms with Gasteiger partial charge in [0.2, 0.25) is 0 Å². The third-order valence-electron chi connectivity index (χ3n) is 1.34. The van der Waals surface area contributed by atoms with Gasteiger partial charge in [-0.3, -0.25) is 0 Å². The number of rotatable bonds is 1. The molecule has 0 atom stereocenters. The summed E-state index contributed by atoms with van der Waals surface area (Å²) < 4.78 is 21.3. The largest absolute Gasteiger partial charge is 0.478 e. The third kappa shape index (κ3) is 1.32. The first-order valence-corrected chi connectivity index (χ1v) is 2.96. The van der Waals surface area contributed by atoms with Crippen LogP contribution in [0.1, 0.15) is 20.0 Å². The van der Waals surface area contributed by atoms with E-state index >= 15 is 0 Å². The summed E-state index contributed by atoms with van der Waals surface area (Å²) in [7, 11) is 0. The van der Waals surface area contributed by atoms with Crippen LogP contribution >= 0.6 is 0 Å². The summed E-state index contributed by atoms with van der Waals surface area (Å²) >= 11 is 0. The zero-order valence-electron chi connectivity index (χ0n) is 8.66. The number of nitrogen functional groups attached to an aromatic ring is 1. The van der Waals surface area contributed by atoms with Crippen LogP contribution in [0, 0.1) is 6.85 Å². The predicted molar refractivity (Wildman–Crippen MR) is 42.6 cm³/mol. The van der Waals surface area contributed by atoms with E-state index in [-0.39, 0.29) is 16.8 Å². The number of aryl methyl sites for hydroxylation is 1. The Balaban J connectivity index is 3.35. The molecule has 0 saturated carbocycles. The van der Waals surface area contributed by atoms with Gasteiger partial charge in [-0.2, -0.15) is 0 Å². The van der Waals surface area contributed by atoms with E-state index in [1.807, 2.05) is 0 Å². The Bertz CT molecular complexity index is 373. The molecule has 3 heteroatoms. The van der Waals surface area contributed by atoms with E-state index in [2.05, 4.69) is 0 Å². The van der Waals surface area contributed by atoms with Crippen LogP contribution in [-0.4, -0.2) is 11.1 Å². The lowest BCUT2D eigenvalue weighted by atomic mass is 10.1. The van der Waals surface area contributed by atoms with E-state index in [0.717, 1.165) is 0 Å². The number of hydrogen-bond donors (Lipinski definition) is 2. The minimum atomic E-state index is -2.38. The number of benzene rings is 1. The fourth-order valence-electron chi connectivity index (χ4n) is 0.752. The molecule has 11 heavy (non-hydrogen) atoms. The lowest BCUT2D eigenvalue weighted by Gasteiger charge is -2.02. The van der Waals surface area contributed by atoms with E-state index in [1.165, 1.54) is 18.2 Å². The Morgan fingerprint density at radius 1 is 1.73 bits per heavy atom. The topological polar surface area (TPSA) is 63.3 Å². The van der Waals surface area contributed by atoms with E-state index in [4.69, 9.17) is 15.0 Å². The van der Waals surface area contributed by atoms with Crippen molar-refractivity contribution in [3.8, 4) is 0 Å². The Kier molecular flexibility index (Phi) is 1.04. The molecule has 0 heterocycles. The van der Waals surface area contributed by atoms with Crippen molar-refractivity contribution in [3.05, 3.63) is 29.3 Å². The first kappa shape index (κ1) is 4.38. The number of anilines is 1. The maximum Gasteiger partial charge on any atom is 0.337 e. The predicted octanol–water partition coefficient (Wildman–Crippen LogP) is 1.28. The quantitative estimate of drug-likeness (QED) is 0.599. The van der Waals surface area contributed by atoms with Gasteiger partial charge in [-0.1, -0.05) is 12.1 Å². The number of hydrogen-bond acceptors (Lipinski definition) is 2. The third-order valence-corrected chi connectivity index (χ3v) is 1.34. The molecule has 0 aliphatic rings. The average Bonchev–Trinajstić information content (AvgIpc) is 2.01. The van der Waals surface area contributed by atoms with Gasteiger partial charge in [0.05, 0.1) is 5.56 Å². The van der Waals surface area contributed by atoms with Crippen LogP contribution in [0.15, 0.2) is 18.2 Å². The first-order chi connectivity index (χ1) is 6.34. The van der Waals surface area contributed by atoms with E-state index in [0.29, 0.717) is 0 Å².